The van der Waals surface area contributed by atoms with Crippen molar-refractivity contribution in [1.29, 1.82) is 0 Å². The summed E-state index contributed by atoms with van der Waals surface area (Å²) in [6.07, 6.45) is 0.619. The largest absolute Gasteiger partial charge is 0.378 e. The van der Waals surface area contributed by atoms with Gasteiger partial charge in [-0.15, -0.1) is 0 Å². The molecule has 21 heavy (non-hydrogen) atoms. The lowest BCUT2D eigenvalue weighted by atomic mass is 10.1. The van der Waals surface area contributed by atoms with E-state index in [1.807, 2.05) is 4.90 Å². The lowest BCUT2D eigenvalue weighted by molar-refractivity contribution is -0.117. The van der Waals surface area contributed by atoms with Crippen molar-refractivity contribution in [3.63, 3.8) is 0 Å². The van der Waals surface area contributed by atoms with Crippen LogP contribution in [0, 0.1) is 12.8 Å². The van der Waals surface area contributed by atoms with Crippen LogP contribution in [0.1, 0.15) is 12.0 Å². The number of hydrogen-bond donors (Lipinski definition) is 1. The molecule has 0 saturated carbocycles. The Hall–Kier alpha value is -1.20. The van der Waals surface area contributed by atoms with Crippen LogP contribution in [0.15, 0.2) is 18.2 Å². The minimum absolute atomic E-state index is 0.219. The fraction of sp³-hybridized carbons (Fsp3) is 0.562. The summed E-state index contributed by atoms with van der Waals surface area (Å²) in [5.41, 5.74) is 3.42. The van der Waals surface area contributed by atoms with E-state index in [4.69, 9.17) is 4.74 Å². The molecule has 1 aromatic rings. The molecule has 2 aliphatic rings. The molecule has 1 amide bonds. The highest BCUT2D eigenvalue weighted by molar-refractivity contribution is 7.80. The zero-order valence-electron chi connectivity index (χ0n) is 12.4. The molecule has 0 aromatic heterocycles. The van der Waals surface area contributed by atoms with Crippen LogP contribution in [0.4, 0.5) is 11.4 Å². The summed E-state index contributed by atoms with van der Waals surface area (Å²) in [7, 11) is 0. The zero-order valence-corrected chi connectivity index (χ0v) is 13.3. The second-order valence-corrected chi connectivity index (χ2v) is 6.19. The number of carbonyl (C=O) groups excluding carboxylic acids is 1. The van der Waals surface area contributed by atoms with Gasteiger partial charge < -0.3 is 14.5 Å². The van der Waals surface area contributed by atoms with Crippen LogP contribution in [0.25, 0.3) is 0 Å². The van der Waals surface area contributed by atoms with Crippen molar-refractivity contribution < 1.29 is 9.53 Å². The first-order valence-corrected chi connectivity index (χ1v) is 8.17. The van der Waals surface area contributed by atoms with Gasteiger partial charge in [-0.25, -0.2) is 0 Å². The molecule has 2 saturated heterocycles. The summed E-state index contributed by atoms with van der Waals surface area (Å²) in [5.74, 6) is 1.36. The van der Waals surface area contributed by atoms with Gasteiger partial charge in [0.2, 0.25) is 5.91 Å². The molecule has 1 unspecified atom stereocenters. The smallest absolute Gasteiger partial charge is 0.227 e. The predicted octanol–water partition coefficient (Wildman–Crippen LogP) is 2.11. The van der Waals surface area contributed by atoms with Gasteiger partial charge in [0.25, 0.3) is 0 Å². The standard InChI is InChI=1S/C16H22N2O2S/c1-12-8-14(17-4-6-20-7-5-17)2-3-15(12)18-10-13(11-21)9-16(18)19/h2-3,8,13,21H,4-7,9-11H2,1H3. The van der Waals surface area contributed by atoms with Gasteiger partial charge in [-0.1, -0.05) is 0 Å². The van der Waals surface area contributed by atoms with E-state index in [9.17, 15) is 4.79 Å². The highest BCUT2D eigenvalue weighted by Gasteiger charge is 2.30. The molecular formula is C16H22N2O2S. The molecule has 5 heteroatoms. The quantitative estimate of drug-likeness (QED) is 0.868. The molecule has 2 heterocycles. The molecule has 0 radical (unpaired) electrons. The molecule has 114 valence electrons. The summed E-state index contributed by atoms with van der Waals surface area (Å²) >= 11 is 4.32. The number of thiol groups is 1. The summed E-state index contributed by atoms with van der Waals surface area (Å²) in [4.78, 5) is 16.4. The first-order chi connectivity index (χ1) is 10.2. The average molecular weight is 306 g/mol. The average Bonchev–Trinajstić information content (AvgIpc) is 2.89. The van der Waals surface area contributed by atoms with Gasteiger partial charge in [-0.3, -0.25) is 4.79 Å². The molecular weight excluding hydrogens is 284 g/mol. The molecule has 0 N–H and O–H groups in total. The summed E-state index contributed by atoms with van der Waals surface area (Å²) in [6.45, 7) is 6.32. The number of benzene rings is 1. The van der Waals surface area contributed by atoms with Crippen LogP contribution < -0.4 is 9.80 Å². The number of nitrogens with zero attached hydrogens (tertiary/aromatic N) is 2. The van der Waals surface area contributed by atoms with Crippen LogP contribution in [-0.2, 0) is 9.53 Å². The molecule has 1 aromatic carbocycles. The second kappa shape index (κ2) is 6.28. The maximum atomic E-state index is 12.1. The monoisotopic (exact) mass is 306 g/mol. The Morgan fingerprint density at radius 3 is 2.71 bits per heavy atom. The van der Waals surface area contributed by atoms with Gasteiger partial charge in [-0.2, -0.15) is 12.6 Å². The fourth-order valence-corrected chi connectivity index (χ4v) is 3.34. The van der Waals surface area contributed by atoms with Crippen molar-refractivity contribution in [3.05, 3.63) is 23.8 Å². The van der Waals surface area contributed by atoms with Crippen LogP contribution >= 0.6 is 12.6 Å². The predicted molar refractivity (Wildman–Crippen MR) is 88.5 cm³/mol. The topological polar surface area (TPSA) is 32.8 Å². The molecule has 0 bridgehead atoms. The van der Waals surface area contributed by atoms with Gasteiger partial charge in [0, 0.05) is 37.4 Å². The number of amides is 1. The Morgan fingerprint density at radius 2 is 2.10 bits per heavy atom. The van der Waals surface area contributed by atoms with Crippen molar-refractivity contribution in [3.8, 4) is 0 Å². The number of aryl methyl sites for hydroxylation is 1. The Balaban J connectivity index is 1.79. The van der Waals surface area contributed by atoms with E-state index in [-0.39, 0.29) is 5.91 Å². The number of anilines is 2. The number of morpholine rings is 1. The van der Waals surface area contributed by atoms with E-state index >= 15 is 0 Å². The van der Waals surface area contributed by atoms with E-state index < -0.39 is 0 Å². The van der Waals surface area contributed by atoms with Crippen LogP contribution in [0.3, 0.4) is 0 Å². The Kier molecular flexibility index (Phi) is 4.40. The molecule has 2 aliphatic heterocycles. The molecule has 0 aliphatic carbocycles. The highest BCUT2D eigenvalue weighted by atomic mass is 32.1. The minimum atomic E-state index is 0.219. The van der Waals surface area contributed by atoms with E-state index in [0.29, 0.717) is 12.3 Å². The Morgan fingerprint density at radius 1 is 1.33 bits per heavy atom. The maximum Gasteiger partial charge on any atom is 0.227 e. The van der Waals surface area contributed by atoms with Crippen LogP contribution in [0.5, 0.6) is 0 Å². The van der Waals surface area contributed by atoms with E-state index in [1.165, 1.54) is 5.69 Å². The van der Waals surface area contributed by atoms with E-state index in [0.717, 1.165) is 49.9 Å². The van der Waals surface area contributed by atoms with Gasteiger partial charge >= 0.3 is 0 Å². The normalized spacial score (nSPS) is 23.0. The van der Waals surface area contributed by atoms with Crippen molar-refractivity contribution >= 4 is 29.9 Å². The minimum Gasteiger partial charge on any atom is -0.378 e. The first kappa shape index (κ1) is 14.7. The lowest BCUT2D eigenvalue weighted by Crippen LogP contribution is -2.36. The van der Waals surface area contributed by atoms with Crippen LogP contribution in [-0.4, -0.2) is 44.5 Å². The lowest BCUT2D eigenvalue weighted by Gasteiger charge is -2.30. The van der Waals surface area contributed by atoms with Gasteiger partial charge in [0.1, 0.15) is 0 Å². The molecule has 2 fully saturated rings. The van der Waals surface area contributed by atoms with Crippen molar-refractivity contribution in [2.45, 2.75) is 13.3 Å². The van der Waals surface area contributed by atoms with Crippen molar-refractivity contribution in [2.24, 2.45) is 5.92 Å². The maximum absolute atomic E-state index is 12.1. The number of carbonyl (C=O) groups is 1. The van der Waals surface area contributed by atoms with E-state index in [2.05, 4.69) is 42.7 Å². The Labute approximate surface area is 131 Å². The number of ether oxygens (including phenoxy) is 1. The fourth-order valence-electron chi connectivity index (χ4n) is 3.10. The molecule has 4 nitrogen and oxygen atoms in total. The SMILES string of the molecule is Cc1cc(N2CCOCC2)ccc1N1CC(CS)CC1=O. The van der Waals surface area contributed by atoms with Gasteiger partial charge in [-0.05, 0) is 42.4 Å². The third-order valence-corrected chi connectivity index (χ3v) is 4.83. The summed E-state index contributed by atoms with van der Waals surface area (Å²) < 4.78 is 5.39. The molecule has 3 rings (SSSR count). The Bertz CT molecular complexity index is 529. The van der Waals surface area contributed by atoms with Crippen LogP contribution in [0.2, 0.25) is 0 Å². The second-order valence-electron chi connectivity index (χ2n) is 5.83. The van der Waals surface area contributed by atoms with Gasteiger partial charge in [0.15, 0.2) is 0 Å². The summed E-state index contributed by atoms with van der Waals surface area (Å²) in [5, 5.41) is 0. The van der Waals surface area contributed by atoms with E-state index in [1.54, 1.807) is 0 Å². The first-order valence-electron chi connectivity index (χ1n) is 7.53. The zero-order chi connectivity index (χ0) is 14.8. The van der Waals surface area contributed by atoms with Crippen molar-refractivity contribution in [2.75, 3.05) is 48.4 Å². The number of rotatable bonds is 3. The third kappa shape index (κ3) is 3.04. The molecule has 1 atom stereocenters. The van der Waals surface area contributed by atoms with Crippen molar-refractivity contribution in [1.82, 2.24) is 0 Å². The highest BCUT2D eigenvalue weighted by Crippen LogP contribution is 2.31. The molecule has 0 spiro atoms. The van der Waals surface area contributed by atoms with Gasteiger partial charge in [0.05, 0.1) is 13.2 Å². The number of hydrogen-bond acceptors (Lipinski definition) is 4. The summed E-state index contributed by atoms with van der Waals surface area (Å²) in [6, 6.07) is 6.38. The third-order valence-electron chi connectivity index (χ3n) is 4.31.